The van der Waals surface area contributed by atoms with E-state index in [2.05, 4.69) is 18.8 Å². The zero-order valence-electron chi connectivity index (χ0n) is 20.8. The molecule has 0 saturated carbocycles. The molecule has 0 atom stereocenters. The number of hydrogen-bond donors (Lipinski definition) is 2. The maximum atomic E-state index is 9.68. The van der Waals surface area contributed by atoms with Gasteiger partial charge in [-0.05, 0) is 72.9 Å². The fraction of sp³-hybridized carbons (Fsp3) is 0.133. The van der Waals surface area contributed by atoms with E-state index >= 15 is 0 Å². The number of hydrogen-bond acceptors (Lipinski definition) is 3. The number of fused-ring (bicyclic) bond motifs is 2. The average molecular weight is 556 g/mol. The van der Waals surface area contributed by atoms with Crippen molar-refractivity contribution in [2.45, 2.75) is 27.7 Å². The SMILES string of the molecule is Cc1ccc(O)c2c(C)cccc12.Cc1ccc(O)c2c(C)cccc12.Cl.Cl.[Ti]=[CH]c1ccccn1. The average Bonchev–Trinajstić information content (AvgIpc) is 2.85. The topological polar surface area (TPSA) is 53.4 Å². The third-order valence-corrected chi connectivity index (χ3v) is 6.19. The third kappa shape index (κ3) is 7.65. The first-order valence-corrected chi connectivity index (χ1v) is 12.0. The summed E-state index contributed by atoms with van der Waals surface area (Å²) in [4.78, 5) is 4.04. The first kappa shape index (κ1) is 31.3. The van der Waals surface area contributed by atoms with Crippen LogP contribution in [0.4, 0.5) is 0 Å². The fourth-order valence-electron chi connectivity index (χ4n) is 3.89. The number of rotatable bonds is 1. The van der Waals surface area contributed by atoms with Gasteiger partial charge in [-0.3, -0.25) is 0 Å². The van der Waals surface area contributed by atoms with Gasteiger partial charge in [0.1, 0.15) is 11.5 Å². The summed E-state index contributed by atoms with van der Waals surface area (Å²) in [6, 6.07) is 25.4. The number of benzene rings is 4. The van der Waals surface area contributed by atoms with Crippen LogP contribution < -0.4 is 0 Å². The molecule has 3 nitrogen and oxygen atoms in total. The Morgan fingerprint density at radius 1 is 0.583 bits per heavy atom. The summed E-state index contributed by atoms with van der Waals surface area (Å²) in [6.45, 7) is 8.14. The zero-order valence-corrected chi connectivity index (χ0v) is 24.0. The van der Waals surface area contributed by atoms with Crippen LogP contribution in [0.3, 0.4) is 0 Å². The number of phenols is 2. The van der Waals surface area contributed by atoms with Crippen LogP contribution in [0.1, 0.15) is 27.9 Å². The third-order valence-electron chi connectivity index (χ3n) is 5.73. The van der Waals surface area contributed by atoms with E-state index in [1.807, 2.05) is 105 Å². The summed E-state index contributed by atoms with van der Waals surface area (Å²) in [7, 11) is 0. The van der Waals surface area contributed by atoms with Crippen molar-refractivity contribution < 1.29 is 30.2 Å². The normalized spacial score (nSPS) is 9.53. The Hall–Kier alpha value is -2.69. The molecule has 0 bridgehead atoms. The summed E-state index contributed by atoms with van der Waals surface area (Å²) < 4.78 is 1.97. The van der Waals surface area contributed by atoms with Crippen LogP contribution in [-0.2, 0) is 20.0 Å². The van der Waals surface area contributed by atoms with E-state index in [4.69, 9.17) is 0 Å². The van der Waals surface area contributed by atoms with Gasteiger partial charge in [-0.1, -0.05) is 48.5 Å². The van der Waals surface area contributed by atoms with Crippen LogP contribution in [0.25, 0.3) is 21.5 Å². The maximum absolute atomic E-state index is 9.68. The Labute approximate surface area is 237 Å². The summed E-state index contributed by atoms with van der Waals surface area (Å²) in [5.41, 5.74) is 5.69. The predicted molar refractivity (Wildman–Crippen MR) is 154 cm³/mol. The molecule has 1 heterocycles. The predicted octanol–water partition coefficient (Wildman–Crippen LogP) is 7.95. The van der Waals surface area contributed by atoms with Crippen molar-refractivity contribution in [1.82, 2.24) is 4.98 Å². The van der Waals surface area contributed by atoms with E-state index in [9.17, 15) is 10.2 Å². The van der Waals surface area contributed by atoms with Gasteiger partial charge in [0.2, 0.25) is 0 Å². The van der Waals surface area contributed by atoms with Crippen LogP contribution in [0.2, 0.25) is 0 Å². The van der Waals surface area contributed by atoms with E-state index in [-0.39, 0.29) is 24.8 Å². The number of aromatic hydroxyl groups is 2. The Balaban J connectivity index is 0.000000271. The Morgan fingerprint density at radius 2 is 1.06 bits per heavy atom. The van der Waals surface area contributed by atoms with E-state index in [1.165, 1.54) is 11.1 Å². The molecule has 1 aromatic heterocycles. The van der Waals surface area contributed by atoms with Crippen LogP contribution in [-0.4, -0.2) is 19.5 Å². The number of pyridine rings is 1. The molecule has 2 N–H and O–H groups in total. The van der Waals surface area contributed by atoms with Gasteiger partial charge in [-0.25, -0.2) is 0 Å². The Kier molecular flexibility index (Phi) is 12.9. The molecule has 0 fully saturated rings. The number of nitrogens with zero attached hydrogens (tertiary/aromatic N) is 1. The number of phenolic OH excluding ortho intramolecular Hbond substituents is 2. The van der Waals surface area contributed by atoms with E-state index in [1.54, 1.807) is 18.3 Å². The molecule has 0 aliphatic heterocycles. The van der Waals surface area contributed by atoms with Crippen LogP contribution in [0, 0.1) is 27.7 Å². The molecule has 0 unspecified atom stereocenters. The van der Waals surface area contributed by atoms with Gasteiger partial charge in [0.05, 0.1) is 0 Å². The van der Waals surface area contributed by atoms with E-state index in [0.29, 0.717) is 11.5 Å². The molecule has 6 heteroatoms. The van der Waals surface area contributed by atoms with Gasteiger partial charge in [-0.2, -0.15) is 0 Å². The summed E-state index contributed by atoms with van der Waals surface area (Å²) in [5, 5.41) is 23.6. The van der Waals surface area contributed by atoms with Crippen LogP contribution in [0.15, 0.2) is 85.1 Å². The van der Waals surface area contributed by atoms with Crippen LogP contribution >= 0.6 is 24.8 Å². The minimum atomic E-state index is 0. The molecule has 0 aliphatic carbocycles. The quantitative estimate of drug-likeness (QED) is 0.206. The molecule has 186 valence electrons. The molecule has 0 amide bonds. The molecule has 5 rings (SSSR count). The van der Waals surface area contributed by atoms with Crippen molar-refractivity contribution in [3.05, 3.63) is 113 Å². The summed E-state index contributed by atoms with van der Waals surface area (Å²) in [6.07, 6.45) is 1.79. The van der Waals surface area contributed by atoms with Gasteiger partial charge in [0.15, 0.2) is 0 Å². The van der Waals surface area contributed by atoms with Gasteiger partial charge >= 0.3 is 59.4 Å². The van der Waals surface area contributed by atoms with Crippen molar-refractivity contribution in [3.63, 3.8) is 0 Å². The second kappa shape index (κ2) is 14.8. The second-order valence-corrected chi connectivity index (χ2v) is 8.65. The minimum absolute atomic E-state index is 0. The van der Waals surface area contributed by atoms with Crippen molar-refractivity contribution >= 4 is 50.7 Å². The van der Waals surface area contributed by atoms with E-state index in [0.717, 1.165) is 38.4 Å². The molecule has 4 aromatic carbocycles. The molecule has 0 radical (unpaired) electrons. The fourth-order valence-corrected chi connectivity index (χ4v) is 4.15. The monoisotopic (exact) mass is 555 g/mol. The molecule has 5 aromatic rings. The molecule has 0 spiro atoms. The summed E-state index contributed by atoms with van der Waals surface area (Å²) >= 11 is 1.97. The molecule has 36 heavy (non-hydrogen) atoms. The Bertz CT molecular complexity index is 1330. The number of aromatic nitrogens is 1. The van der Waals surface area contributed by atoms with Gasteiger partial charge in [0, 0.05) is 10.8 Å². The van der Waals surface area contributed by atoms with Crippen molar-refractivity contribution in [3.8, 4) is 11.5 Å². The molecular formula is C30H31Cl2NO2Ti. The second-order valence-electron chi connectivity index (χ2n) is 8.20. The first-order chi connectivity index (χ1) is 16.3. The molecule has 0 aliphatic rings. The van der Waals surface area contributed by atoms with Gasteiger partial charge in [0.25, 0.3) is 0 Å². The summed E-state index contributed by atoms with van der Waals surface area (Å²) in [5.74, 6) is 0.748. The molecule has 0 saturated heterocycles. The zero-order chi connectivity index (χ0) is 24.7. The van der Waals surface area contributed by atoms with Gasteiger partial charge in [-0.15, -0.1) is 24.8 Å². The first-order valence-electron chi connectivity index (χ1n) is 11.1. The number of halogens is 2. The van der Waals surface area contributed by atoms with Crippen LogP contribution in [0.5, 0.6) is 11.5 Å². The van der Waals surface area contributed by atoms with Gasteiger partial charge < -0.3 is 10.2 Å². The van der Waals surface area contributed by atoms with E-state index < -0.39 is 0 Å². The molecular weight excluding hydrogens is 525 g/mol. The standard InChI is InChI=1S/2C12H12O.C6H5N.2ClH.Ti/c2*1-8-6-7-11(13)12-9(2)4-3-5-10(8)12;1-6-4-2-3-5-7-6;;;/h2*3-7,13H,1-2H3;1-5H;2*1H;. The van der Waals surface area contributed by atoms with Crippen molar-refractivity contribution in [2.75, 3.05) is 0 Å². The number of aryl methyl sites for hydroxylation is 4. The Morgan fingerprint density at radius 3 is 1.39 bits per heavy atom. The van der Waals surface area contributed by atoms with Crippen molar-refractivity contribution in [1.29, 1.82) is 0 Å². The van der Waals surface area contributed by atoms with Crippen molar-refractivity contribution in [2.24, 2.45) is 0 Å².